The van der Waals surface area contributed by atoms with E-state index in [0.717, 1.165) is 11.0 Å². The lowest BCUT2D eigenvalue weighted by molar-refractivity contribution is 0.600. The maximum Gasteiger partial charge on any atom is 0.0175 e. The monoisotopic (exact) mass is 315 g/mol. The van der Waals surface area contributed by atoms with Gasteiger partial charge in [-0.3, -0.25) is 0 Å². The molecule has 0 aliphatic heterocycles. The molecule has 0 saturated heterocycles. The van der Waals surface area contributed by atoms with Gasteiger partial charge in [-0.05, 0) is 54.0 Å². The Bertz CT molecular complexity index is 535. The van der Waals surface area contributed by atoms with Crippen molar-refractivity contribution in [1.82, 2.24) is 0 Å². The Labute approximate surface area is 123 Å². The van der Waals surface area contributed by atoms with Gasteiger partial charge >= 0.3 is 0 Å². The fraction of sp³-hybridized carbons (Fsp3) is 0.294. The number of nitrogens with two attached hydrogens (primary N) is 1. The molecule has 1 nitrogen and oxygen atoms in total. The number of rotatable bonds is 4. The number of benzene rings is 2. The van der Waals surface area contributed by atoms with Crippen LogP contribution in [0.15, 0.2) is 59.1 Å². The summed E-state index contributed by atoms with van der Waals surface area (Å²) in [5.41, 5.74) is 8.84. The Balaban J connectivity index is 1.77. The summed E-state index contributed by atoms with van der Waals surface area (Å²) < 4.78 is 1.13. The highest BCUT2D eigenvalue weighted by molar-refractivity contribution is 9.10. The molecule has 0 radical (unpaired) electrons. The van der Waals surface area contributed by atoms with Gasteiger partial charge in [-0.15, -0.1) is 0 Å². The molecule has 2 heteroatoms. The molecule has 3 atom stereocenters. The van der Waals surface area contributed by atoms with Crippen LogP contribution in [0.25, 0.3) is 0 Å². The van der Waals surface area contributed by atoms with Crippen molar-refractivity contribution in [2.24, 2.45) is 11.7 Å². The van der Waals surface area contributed by atoms with Gasteiger partial charge in [0.25, 0.3) is 0 Å². The summed E-state index contributed by atoms with van der Waals surface area (Å²) >= 11 is 3.49. The Kier molecular flexibility index (Phi) is 3.72. The summed E-state index contributed by atoms with van der Waals surface area (Å²) in [7, 11) is 0. The van der Waals surface area contributed by atoms with Crippen LogP contribution < -0.4 is 5.73 Å². The largest absolute Gasteiger partial charge is 0.330 e. The first-order valence-corrected chi connectivity index (χ1v) is 7.59. The van der Waals surface area contributed by atoms with E-state index in [4.69, 9.17) is 5.73 Å². The first-order valence-electron chi connectivity index (χ1n) is 6.80. The highest BCUT2D eigenvalue weighted by Crippen LogP contribution is 2.54. The quantitative estimate of drug-likeness (QED) is 0.894. The summed E-state index contributed by atoms with van der Waals surface area (Å²) in [6, 6.07) is 19.4. The Hall–Kier alpha value is -1.12. The molecular formula is C17H18BrN. The van der Waals surface area contributed by atoms with Gasteiger partial charge < -0.3 is 5.73 Å². The van der Waals surface area contributed by atoms with Gasteiger partial charge in [0, 0.05) is 4.47 Å². The van der Waals surface area contributed by atoms with E-state index < -0.39 is 0 Å². The summed E-state index contributed by atoms with van der Waals surface area (Å²) in [6.45, 7) is 0.732. The lowest BCUT2D eigenvalue weighted by Crippen LogP contribution is -2.15. The van der Waals surface area contributed by atoms with Gasteiger partial charge in [-0.1, -0.05) is 58.4 Å². The maximum absolute atomic E-state index is 6.01. The number of hydrogen-bond donors (Lipinski definition) is 1. The normalized spacial score (nSPS) is 23.1. The van der Waals surface area contributed by atoms with Crippen LogP contribution in [-0.4, -0.2) is 6.54 Å². The van der Waals surface area contributed by atoms with Crippen LogP contribution in [0.1, 0.15) is 29.4 Å². The van der Waals surface area contributed by atoms with Crippen LogP contribution in [-0.2, 0) is 0 Å². The topological polar surface area (TPSA) is 26.0 Å². The van der Waals surface area contributed by atoms with E-state index in [1.165, 1.54) is 17.5 Å². The van der Waals surface area contributed by atoms with E-state index in [2.05, 4.69) is 70.5 Å². The highest BCUT2D eigenvalue weighted by Gasteiger charge is 2.43. The molecule has 0 heterocycles. The molecule has 19 heavy (non-hydrogen) atoms. The predicted molar refractivity (Wildman–Crippen MR) is 83.2 cm³/mol. The SMILES string of the molecule is NCC(c1ccc(Br)cc1)C1CC1c1ccccc1. The second-order valence-electron chi connectivity index (χ2n) is 5.31. The second-order valence-corrected chi connectivity index (χ2v) is 6.23. The van der Waals surface area contributed by atoms with Crippen LogP contribution in [0.5, 0.6) is 0 Å². The first kappa shape index (κ1) is 12.9. The fourth-order valence-corrected chi connectivity index (χ4v) is 3.28. The molecule has 0 bridgehead atoms. The van der Waals surface area contributed by atoms with Crippen LogP contribution in [0.2, 0.25) is 0 Å². The minimum Gasteiger partial charge on any atom is -0.330 e. The highest BCUT2D eigenvalue weighted by atomic mass is 79.9. The van der Waals surface area contributed by atoms with Crippen molar-refractivity contribution in [3.05, 3.63) is 70.2 Å². The van der Waals surface area contributed by atoms with Gasteiger partial charge in [0.05, 0.1) is 0 Å². The number of hydrogen-bond acceptors (Lipinski definition) is 1. The van der Waals surface area contributed by atoms with Crippen molar-refractivity contribution in [2.75, 3.05) is 6.54 Å². The minimum atomic E-state index is 0.485. The van der Waals surface area contributed by atoms with Crippen molar-refractivity contribution in [3.63, 3.8) is 0 Å². The van der Waals surface area contributed by atoms with Gasteiger partial charge in [-0.25, -0.2) is 0 Å². The van der Waals surface area contributed by atoms with Crippen molar-refractivity contribution in [3.8, 4) is 0 Å². The zero-order valence-corrected chi connectivity index (χ0v) is 12.4. The Morgan fingerprint density at radius 1 is 1.05 bits per heavy atom. The molecule has 2 aromatic rings. The van der Waals surface area contributed by atoms with Crippen molar-refractivity contribution < 1.29 is 0 Å². The summed E-state index contributed by atoms with van der Waals surface area (Å²) in [4.78, 5) is 0. The average molecular weight is 316 g/mol. The standard InChI is InChI=1S/C17H18BrN/c18-14-8-6-13(7-9-14)17(11-19)16-10-15(16)12-4-2-1-3-5-12/h1-9,15-17H,10-11,19H2. The Morgan fingerprint density at radius 3 is 2.37 bits per heavy atom. The molecule has 0 aromatic heterocycles. The third-order valence-corrected chi connectivity index (χ3v) is 4.67. The summed E-state index contributed by atoms with van der Waals surface area (Å²) in [6.07, 6.45) is 1.27. The van der Waals surface area contributed by atoms with E-state index in [0.29, 0.717) is 17.8 Å². The molecule has 3 rings (SSSR count). The van der Waals surface area contributed by atoms with Crippen LogP contribution in [0.4, 0.5) is 0 Å². The molecular weight excluding hydrogens is 298 g/mol. The zero-order valence-electron chi connectivity index (χ0n) is 10.8. The van der Waals surface area contributed by atoms with E-state index in [1.807, 2.05) is 0 Å². The van der Waals surface area contributed by atoms with Crippen LogP contribution in [0, 0.1) is 5.92 Å². The molecule has 3 unspecified atom stereocenters. The minimum absolute atomic E-state index is 0.485. The first-order chi connectivity index (χ1) is 9.29. The smallest absolute Gasteiger partial charge is 0.0175 e. The molecule has 98 valence electrons. The van der Waals surface area contributed by atoms with Crippen LogP contribution >= 0.6 is 15.9 Å². The average Bonchev–Trinajstić information content (AvgIpc) is 3.23. The second kappa shape index (κ2) is 5.48. The molecule has 1 saturated carbocycles. The zero-order chi connectivity index (χ0) is 13.2. The van der Waals surface area contributed by atoms with Gasteiger partial charge in [0.1, 0.15) is 0 Å². The van der Waals surface area contributed by atoms with E-state index in [-0.39, 0.29) is 0 Å². The molecule has 1 fully saturated rings. The summed E-state index contributed by atoms with van der Waals surface area (Å²) in [5, 5.41) is 0. The maximum atomic E-state index is 6.01. The molecule has 1 aliphatic rings. The molecule has 2 aromatic carbocycles. The van der Waals surface area contributed by atoms with Crippen molar-refractivity contribution in [1.29, 1.82) is 0 Å². The lowest BCUT2D eigenvalue weighted by Gasteiger charge is -2.15. The molecule has 1 aliphatic carbocycles. The van der Waals surface area contributed by atoms with Gasteiger partial charge in [0.2, 0.25) is 0 Å². The van der Waals surface area contributed by atoms with Crippen molar-refractivity contribution >= 4 is 15.9 Å². The van der Waals surface area contributed by atoms with E-state index in [9.17, 15) is 0 Å². The fourth-order valence-electron chi connectivity index (χ4n) is 3.01. The van der Waals surface area contributed by atoms with Gasteiger partial charge in [-0.2, -0.15) is 0 Å². The van der Waals surface area contributed by atoms with Crippen molar-refractivity contribution in [2.45, 2.75) is 18.3 Å². The molecule has 2 N–H and O–H groups in total. The van der Waals surface area contributed by atoms with Gasteiger partial charge in [0.15, 0.2) is 0 Å². The Morgan fingerprint density at radius 2 is 1.74 bits per heavy atom. The summed E-state index contributed by atoms with van der Waals surface area (Å²) in [5.74, 6) is 1.88. The number of halogens is 1. The molecule has 0 amide bonds. The third kappa shape index (κ3) is 2.75. The van der Waals surface area contributed by atoms with E-state index in [1.54, 1.807) is 0 Å². The lowest BCUT2D eigenvalue weighted by atomic mass is 9.92. The van der Waals surface area contributed by atoms with E-state index >= 15 is 0 Å². The predicted octanol–water partition coefficient (Wildman–Crippen LogP) is 4.30. The molecule has 0 spiro atoms. The third-order valence-electron chi connectivity index (χ3n) is 4.14. The van der Waals surface area contributed by atoms with Crippen LogP contribution in [0.3, 0.4) is 0 Å².